The summed E-state index contributed by atoms with van der Waals surface area (Å²) in [4.78, 5) is 6.80. The van der Waals surface area contributed by atoms with Gasteiger partial charge in [0.15, 0.2) is 6.10 Å². The lowest BCUT2D eigenvalue weighted by molar-refractivity contribution is 0.204. The molecule has 0 aromatic carbocycles. The van der Waals surface area contributed by atoms with Crippen LogP contribution in [0.15, 0.2) is 36.7 Å². The van der Waals surface area contributed by atoms with Gasteiger partial charge in [0.25, 0.3) is 0 Å². The fourth-order valence-corrected chi connectivity index (χ4v) is 2.21. The molecule has 4 nitrogen and oxygen atoms in total. The van der Waals surface area contributed by atoms with E-state index in [1.807, 2.05) is 0 Å². The zero-order valence-electron chi connectivity index (χ0n) is 9.14. The molecule has 3 rings (SSSR count). The number of fused-ring (bicyclic) bond motifs is 1. The molecule has 0 radical (unpaired) electrons. The summed E-state index contributed by atoms with van der Waals surface area (Å²) in [5, 5.41) is 10.6. The number of nitrogens with zero attached hydrogens (tertiary/aromatic N) is 2. The van der Waals surface area contributed by atoms with Gasteiger partial charge in [-0.2, -0.15) is 0 Å². The maximum Gasteiger partial charge on any atom is 0.152 e. The van der Waals surface area contributed by atoms with Crippen LogP contribution in [-0.2, 0) is 0 Å². The largest absolute Gasteiger partial charge is 0.379 e. The van der Waals surface area contributed by atoms with E-state index in [0.717, 1.165) is 0 Å². The number of aromatic amines is 1. The normalized spacial score (nSPS) is 13.1. The molecular weight excluding hydrogens is 257 g/mol. The van der Waals surface area contributed by atoms with Gasteiger partial charge in [0.05, 0.1) is 11.2 Å². The lowest BCUT2D eigenvalue weighted by atomic mass is 10.2. The van der Waals surface area contributed by atoms with Crippen molar-refractivity contribution in [2.75, 3.05) is 0 Å². The Morgan fingerprint density at radius 2 is 2.17 bits per heavy atom. The Balaban J connectivity index is 2.23. The first-order valence-corrected chi connectivity index (χ1v) is 5.69. The summed E-state index contributed by atoms with van der Waals surface area (Å²) in [7, 11) is 0. The third-order valence-corrected chi connectivity index (χ3v) is 3.09. The molecule has 0 aliphatic carbocycles. The smallest absolute Gasteiger partial charge is 0.152 e. The molecule has 0 aliphatic heterocycles. The van der Waals surface area contributed by atoms with E-state index >= 15 is 0 Å². The number of halogens is 2. The van der Waals surface area contributed by atoms with Crippen LogP contribution >= 0.6 is 11.6 Å². The number of H-pyrrole nitrogens is 1. The number of pyridine rings is 1. The zero-order chi connectivity index (χ0) is 12.7. The highest BCUT2D eigenvalue weighted by Crippen LogP contribution is 2.26. The Kier molecular flexibility index (Phi) is 2.57. The van der Waals surface area contributed by atoms with Crippen molar-refractivity contribution in [3.8, 4) is 0 Å². The average Bonchev–Trinajstić information content (AvgIpc) is 3.00. The summed E-state index contributed by atoms with van der Waals surface area (Å²) in [5.74, 6) is -0.00929. The summed E-state index contributed by atoms with van der Waals surface area (Å²) in [5.41, 5.74) is 0.777. The molecule has 3 heterocycles. The number of aliphatic hydroxyl groups excluding tert-OH is 1. The molecule has 0 saturated carbocycles. The molecule has 0 fully saturated rings. The third-order valence-electron chi connectivity index (χ3n) is 2.80. The van der Waals surface area contributed by atoms with E-state index < -0.39 is 11.9 Å². The molecule has 0 amide bonds. The number of aliphatic hydroxyl groups is 1. The number of rotatable bonds is 2. The van der Waals surface area contributed by atoms with E-state index in [2.05, 4.69) is 9.97 Å². The van der Waals surface area contributed by atoms with E-state index in [0.29, 0.717) is 22.2 Å². The molecular formula is C12H9ClFN3O. The van der Waals surface area contributed by atoms with Crippen LogP contribution in [0.4, 0.5) is 4.39 Å². The van der Waals surface area contributed by atoms with E-state index in [1.54, 1.807) is 18.3 Å². The third kappa shape index (κ3) is 1.60. The van der Waals surface area contributed by atoms with Crippen molar-refractivity contribution in [3.63, 3.8) is 0 Å². The van der Waals surface area contributed by atoms with Gasteiger partial charge in [-0.1, -0.05) is 11.6 Å². The fraction of sp³-hybridized carbons (Fsp3) is 0.0833. The molecule has 3 aromatic heterocycles. The van der Waals surface area contributed by atoms with E-state index in [1.165, 1.54) is 22.7 Å². The minimum atomic E-state index is -0.993. The predicted octanol–water partition coefficient (Wildman–Crippen LogP) is 2.54. The molecule has 18 heavy (non-hydrogen) atoms. The van der Waals surface area contributed by atoms with Crippen LogP contribution in [-0.4, -0.2) is 19.5 Å². The van der Waals surface area contributed by atoms with Crippen molar-refractivity contribution in [2.24, 2.45) is 0 Å². The molecule has 2 N–H and O–H groups in total. The number of imidazole rings is 1. The van der Waals surface area contributed by atoms with E-state index in [9.17, 15) is 9.50 Å². The van der Waals surface area contributed by atoms with Gasteiger partial charge < -0.3 is 10.1 Å². The maximum absolute atomic E-state index is 13.6. The van der Waals surface area contributed by atoms with Gasteiger partial charge in [0.1, 0.15) is 16.8 Å². The number of nitrogens with one attached hydrogen (secondary N) is 1. The van der Waals surface area contributed by atoms with Crippen molar-refractivity contribution in [1.82, 2.24) is 14.4 Å². The van der Waals surface area contributed by atoms with Crippen LogP contribution in [0.1, 0.15) is 17.6 Å². The lowest BCUT2D eigenvalue weighted by Gasteiger charge is -2.12. The van der Waals surface area contributed by atoms with Crippen LogP contribution in [0.25, 0.3) is 5.52 Å². The first-order chi connectivity index (χ1) is 8.68. The van der Waals surface area contributed by atoms with Gasteiger partial charge in [-0.15, -0.1) is 0 Å². The van der Waals surface area contributed by atoms with E-state index in [4.69, 9.17) is 11.6 Å². The molecule has 6 heteroatoms. The summed E-state index contributed by atoms with van der Waals surface area (Å²) in [6, 6.07) is 5.93. The standard InChI is InChI=1S/C12H9ClFN3O/c13-10-4-3-8-7(14)1-2-9(17(8)10)11(18)12-15-5-6-16-12/h1-6,11,18H,(H,15,16). The first kappa shape index (κ1) is 11.3. The van der Waals surface area contributed by atoms with Crippen LogP contribution < -0.4 is 0 Å². The summed E-state index contributed by atoms with van der Waals surface area (Å²) in [6.45, 7) is 0. The van der Waals surface area contributed by atoms with Crippen LogP contribution in [0, 0.1) is 5.82 Å². The topological polar surface area (TPSA) is 53.3 Å². The SMILES string of the molecule is OC(c1ncc[nH]1)c1ccc(F)c2ccc(Cl)n12. The van der Waals surface area contributed by atoms with Crippen molar-refractivity contribution >= 4 is 17.1 Å². The van der Waals surface area contributed by atoms with E-state index in [-0.39, 0.29) is 0 Å². The first-order valence-electron chi connectivity index (χ1n) is 5.31. The molecule has 92 valence electrons. The molecule has 1 atom stereocenters. The monoisotopic (exact) mass is 265 g/mol. The van der Waals surface area contributed by atoms with Crippen LogP contribution in [0.3, 0.4) is 0 Å². The number of aromatic nitrogens is 3. The highest BCUT2D eigenvalue weighted by atomic mass is 35.5. The van der Waals surface area contributed by atoms with Crippen molar-refractivity contribution in [1.29, 1.82) is 0 Å². The van der Waals surface area contributed by atoms with Crippen molar-refractivity contribution in [2.45, 2.75) is 6.10 Å². The Labute approximate surface area is 107 Å². The second kappa shape index (κ2) is 4.12. The second-order valence-corrected chi connectivity index (χ2v) is 4.25. The Morgan fingerprint density at radius 3 is 2.89 bits per heavy atom. The average molecular weight is 266 g/mol. The maximum atomic E-state index is 13.6. The number of hydrogen-bond acceptors (Lipinski definition) is 2. The Morgan fingerprint density at radius 1 is 1.33 bits per heavy atom. The highest BCUT2D eigenvalue weighted by molar-refractivity contribution is 6.30. The molecule has 3 aromatic rings. The zero-order valence-corrected chi connectivity index (χ0v) is 9.89. The molecule has 0 bridgehead atoms. The quantitative estimate of drug-likeness (QED) is 0.748. The molecule has 0 aliphatic rings. The van der Waals surface area contributed by atoms with Crippen LogP contribution in [0.2, 0.25) is 5.15 Å². The van der Waals surface area contributed by atoms with Gasteiger partial charge in [0.2, 0.25) is 0 Å². The van der Waals surface area contributed by atoms with Gasteiger partial charge in [0, 0.05) is 12.4 Å². The second-order valence-electron chi connectivity index (χ2n) is 3.86. The van der Waals surface area contributed by atoms with Gasteiger partial charge in [-0.25, -0.2) is 9.37 Å². The summed E-state index contributed by atoms with van der Waals surface area (Å²) in [6.07, 6.45) is 2.15. The van der Waals surface area contributed by atoms with Gasteiger partial charge in [-0.05, 0) is 24.3 Å². The Bertz CT molecular complexity index is 693. The van der Waals surface area contributed by atoms with Crippen LogP contribution in [0.5, 0.6) is 0 Å². The lowest BCUT2D eigenvalue weighted by Crippen LogP contribution is -2.08. The Hall–Kier alpha value is -1.85. The van der Waals surface area contributed by atoms with Crippen molar-refractivity contribution in [3.05, 3.63) is 59.1 Å². The molecule has 1 unspecified atom stereocenters. The summed E-state index contributed by atoms with van der Waals surface area (Å²) >= 11 is 6.01. The minimum Gasteiger partial charge on any atom is -0.379 e. The number of hydrogen-bond donors (Lipinski definition) is 2. The minimum absolute atomic E-state index is 0.322. The molecule has 0 spiro atoms. The van der Waals surface area contributed by atoms with Crippen molar-refractivity contribution < 1.29 is 9.50 Å². The van der Waals surface area contributed by atoms with Gasteiger partial charge >= 0.3 is 0 Å². The molecule has 0 saturated heterocycles. The fourth-order valence-electron chi connectivity index (χ4n) is 1.96. The van der Waals surface area contributed by atoms with Gasteiger partial charge in [-0.3, -0.25) is 4.40 Å². The highest BCUT2D eigenvalue weighted by Gasteiger charge is 2.18. The summed E-state index contributed by atoms with van der Waals surface area (Å²) < 4.78 is 15.1. The predicted molar refractivity (Wildman–Crippen MR) is 65.0 cm³/mol.